The first-order chi connectivity index (χ1) is 21.2. The Morgan fingerprint density at radius 3 is 2.38 bits per heavy atom. The number of carbonyl (C=O) groups excluding carboxylic acids is 3. The van der Waals surface area contributed by atoms with Gasteiger partial charge in [0.2, 0.25) is 5.78 Å². The van der Waals surface area contributed by atoms with Crippen LogP contribution in [0.25, 0.3) is 11.3 Å². The number of Topliss-reactive ketones (excluding diaryl/α,β-unsaturated/α-hetero) is 2. The second-order valence-corrected chi connectivity index (χ2v) is 13.2. The van der Waals surface area contributed by atoms with E-state index in [1.54, 1.807) is 26.2 Å². The van der Waals surface area contributed by atoms with Gasteiger partial charge in [-0.3, -0.25) is 24.2 Å². The summed E-state index contributed by atoms with van der Waals surface area (Å²) in [6.45, 7) is 4.46. The molecule has 0 bridgehead atoms. The van der Waals surface area contributed by atoms with E-state index in [1.807, 2.05) is 32.0 Å². The van der Waals surface area contributed by atoms with Crippen molar-refractivity contribution in [2.75, 3.05) is 46.2 Å². The van der Waals surface area contributed by atoms with Crippen LogP contribution in [0.15, 0.2) is 45.3 Å². The number of aromatic hydroxyl groups is 1. The number of aliphatic hydroxyl groups excluding tert-OH is 2. The van der Waals surface area contributed by atoms with Gasteiger partial charge in [0.1, 0.15) is 34.4 Å². The number of furan rings is 1. The summed E-state index contributed by atoms with van der Waals surface area (Å²) in [5.41, 5.74) is 3.17. The standard InChI is InChI=1S/C33H40N4O8/c1-15-17-12-19-26(36(4)5)29(40)25(32(34)43)31(42)33(19,44)30(41)23(17)28(39)24-22(15)20(35(2)3)13-18(27(24)38)21-9-8-16(45-21)14-37-10-6-7-11-37/h8-9,13,15,17,19,26,38,40-41,44H,6-7,10-12,14H2,1-5H3,(H2,34,43)/t15-,17+,19-,26+,33-/m0/s1. The van der Waals surface area contributed by atoms with Gasteiger partial charge in [0, 0.05) is 31.3 Å². The highest BCUT2D eigenvalue weighted by atomic mass is 16.4. The molecule has 2 heterocycles. The predicted molar refractivity (Wildman–Crippen MR) is 165 cm³/mol. The van der Waals surface area contributed by atoms with Gasteiger partial charge >= 0.3 is 0 Å². The van der Waals surface area contributed by atoms with Crippen molar-refractivity contribution in [2.24, 2.45) is 17.6 Å². The molecule has 0 saturated carbocycles. The van der Waals surface area contributed by atoms with Crippen LogP contribution in [0.2, 0.25) is 0 Å². The number of amides is 1. The summed E-state index contributed by atoms with van der Waals surface area (Å²) in [6.07, 6.45) is 2.28. The number of likely N-dealkylation sites (tertiary alicyclic amines) is 1. The number of hydrogen-bond donors (Lipinski definition) is 5. The summed E-state index contributed by atoms with van der Waals surface area (Å²) in [5, 5.41) is 46.4. The highest BCUT2D eigenvalue weighted by Crippen LogP contribution is 2.57. The minimum absolute atomic E-state index is 0.0142. The number of ketones is 2. The Morgan fingerprint density at radius 1 is 1.11 bits per heavy atom. The molecule has 12 nitrogen and oxygen atoms in total. The van der Waals surface area contributed by atoms with Crippen LogP contribution < -0.4 is 10.6 Å². The molecule has 0 unspecified atom stereocenters. The van der Waals surface area contributed by atoms with Gasteiger partial charge in [-0.15, -0.1) is 0 Å². The minimum Gasteiger partial charge on any atom is -0.510 e. The third-order valence-corrected chi connectivity index (χ3v) is 10.2. The van der Waals surface area contributed by atoms with Gasteiger partial charge in [-0.05, 0) is 82.0 Å². The van der Waals surface area contributed by atoms with Gasteiger partial charge in [-0.1, -0.05) is 6.92 Å². The summed E-state index contributed by atoms with van der Waals surface area (Å²) in [5.74, 6) is -6.24. The number of phenolic OH excluding ortho intramolecular Hbond substituents is 1. The maximum Gasteiger partial charge on any atom is 0.255 e. The fourth-order valence-corrected chi connectivity index (χ4v) is 8.00. The van der Waals surface area contributed by atoms with Crippen molar-refractivity contribution in [3.63, 3.8) is 0 Å². The molecule has 6 rings (SSSR count). The molecule has 2 aromatic rings. The molecule has 4 aliphatic rings. The fourth-order valence-electron chi connectivity index (χ4n) is 8.00. The third-order valence-electron chi connectivity index (χ3n) is 10.2. The lowest BCUT2D eigenvalue weighted by molar-refractivity contribution is -0.148. The van der Waals surface area contributed by atoms with Crippen LogP contribution in [0.3, 0.4) is 0 Å². The van der Waals surface area contributed by atoms with Gasteiger partial charge in [0.05, 0.1) is 23.7 Å². The Hall–Kier alpha value is -4.13. The number of hydrogen-bond acceptors (Lipinski definition) is 11. The number of fused-ring (bicyclic) bond motifs is 3. The number of allylic oxidation sites excluding steroid dienone is 1. The summed E-state index contributed by atoms with van der Waals surface area (Å²) >= 11 is 0. The van der Waals surface area contributed by atoms with Gasteiger partial charge in [0.15, 0.2) is 11.4 Å². The molecular formula is C33H40N4O8. The minimum atomic E-state index is -2.70. The van der Waals surface area contributed by atoms with E-state index in [4.69, 9.17) is 10.2 Å². The first-order valence-corrected chi connectivity index (χ1v) is 15.2. The zero-order valence-electron chi connectivity index (χ0n) is 26.1. The number of phenols is 1. The maximum atomic E-state index is 14.4. The second kappa shape index (κ2) is 10.7. The SMILES string of the molecule is C[C@@H]1c2c(N(C)C)cc(-c3ccc(CN4CCCC4)o3)c(O)c2C(=O)C2=C(O)[C@]3(O)C(=O)C(C(N)=O)=C(O)[C@H](N(C)C)[C@@H]3C[C@@H]21. The Morgan fingerprint density at radius 2 is 1.78 bits per heavy atom. The molecule has 45 heavy (non-hydrogen) atoms. The number of benzene rings is 1. The van der Waals surface area contributed by atoms with E-state index in [2.05, 4.69) is 4.90 Å². The largest absolute Gasteiger partial charge is 0.510 e. The van der Waals surface area contributed by atoms with E-state index in [-0.39, 0.29) is 23.3 Å². The van der Waals surface area contributed by atoms with Crippen LogP contribution in [-0.2, 0) is 16.1 Å². The van der Waals surface area contributed by atoms with Crippen molar-refractivity contribution in [1.82, 2.24) is 9.80 Å². The van der Waals surface area contributed by atoms with E-state index in [0.29, 0.717) is 29.1 Å². The van der Waals surface area contributed by atoms with E-state index >= 15 is 0 Å². The number of primary amides is 1. The molecule has 1 aromatic carbocycles. The smallest absolute Gasteiger partial charge is 0.255 e. The number of anilines is 1. The molecule has 1 fully saturated rings. The van der Waals surface area contributed by atoms with Gasteiger partial charge < -0.3 is 35.5 Å². The molecule has 12 heteroatoms. The summed E-state index contributed by atoms with van der Waals surface area (Å²) in [6, 6.07) is 4.33. The number of nitrogens with two attached hydrogens (primary N) is 1. The monoisotopic (exact) mass is 620 g/mol. The molecule has 0 spiro atoms. The van der Waals surface area contributed by atoms with Crippen LogP contribution in [0.5, 0.6) is 5.75 Å². The van der Waals surface area contributed by atoms with Gasteiger partial charge in [0.25, 0.3) is 5.91 Å². The Balaban J connectivity index is 1.52. The number of nitrogens with zero attached hydrogens (tertiary/aromatic N) is 3. The zero-order chi connectivity index (χ0) is 32.7. The lowest BCUT2D eigenvalue weighted by Gasteiger charge is -2.51. The molecule has 1 aliphatic heterocycles. The average Bonchev–Trinajstić information content (AvgIpc) is 3.65. The quantitative estimate of drug-likeness (QED) is 0.300. The van der Waals surface area contributed by atoms with Crippen LogP contribution in [0.1, 0.15) is 53.8 Å². The summed E-state index contributed by atoms with van der Waals surface area (Å²) in [4.78, 5) is 46.0. The highest BCUT2D eigenvalue weighted by Gasteiger charge is 2.64. The number of rotatable bonds is 6. The lowest BCUT2D eigenvalue weighted by Crippen LogP contribution is -2.64. The topological polar surface area (TPSA) is 181 Å². The van der Waals surface area contributed by atoms with E-state index in [0.717, 1.165) is 31.7 Å². The van der Waals surface area contributed by atoms with Crippen molar-refractivity contribution in [2.45, 2.75) is 50.3 Å². The molecule has 1 aromatic heterocycles. The van der Waals surface area contributed by atoms with E-state index in [1.165, 1.54) is 4.90 Å². The normalized spacial score (nSPS) is 28.4. The second-order valence-electron chi connectivity index (χ2n) is 13.2. The number of likely N-dealkylation sites (N-methyl/N-ethyl adjacent to an activating group) is 1. The molecular weight excluding hydrogens is 580 g/mol. The van der Waals surface area contributed by atoms with Crippen LogP contribution in [-0.4, -0.2) is 101 Å². The van der Waals surface area contributed by atoms with Crippen molar-refractivity contribution >= 4 is 23.2 Å². The Kier molecular flexibility index (Phi) is 7.37. The fraction of sp³-hybridized carbons (Fsp3) is 0.485. The molecule has 6 N–H and O–H groups in total. The summed E-state index contributed by atoms with van der Waals surface area (Å²) in [7, 11) is 6.86. The average molecular weight is 621 g/mol. The van der Waals surface area contributed by atoms with Crippen molar-refractivity contribution < 1.29 is 39.2 Å². The van der Waals surface area contributed by atoms with Crippen LogP contribution in [0, 0.1) is 11.8 Å². The lowest BCUT2D eigenvalue weighted by atomic mass is 9.56. The zero-order valence-corrected chi connectivity index (χ0v) is 26.1. The Labute approximate surface area is 261 Å². The van der Waals surface area contributed by atoms with Gasteiger partial charge in [-0.25, -0.2) is 0 Å². The first-order valence-electron chi connectivity index (χ1n) is 15.2. The van der Waals surface area contributed by atoms with Crippen LogP contribution >= 0.6 is 0 Å². The molecule has 0 radical (unpaired) electrons. The summed E-state index contributed by atoms with van der Waals surface area (Å²) < 4.78 is 6.15. The number of aliphatic hydroxyl groups is 3. The third kappa shape index (κ3) is 4.41. The van der Waals surface area contributed by atoms with Gasteiger partial charge in [-0.2, -0.15) is 0 Å². The van der Waals surface area contributed by atoms with E-state index < -0.39 is 64.0 Å². The van der Waals surface area contributed by atoms with Crippen LogP contribution in [0.4, 0.5) is 5.69 Å². The Bertz CT molecular complexity index is 1680. The van der Waals surface area contributed by atoms with Crippen molar-refractivity contribution in [3.05, 3.63) is 57.8 Å². The predicted octanol–water partition coefficient (Wildman–Crippen LogP) is 2.60. The number of carbonyl (C=O) groups is 3. The first kappa shape index (κ1) is 30.9. The molecule has 240 valence electrons. The van der Waals surface area contributed by atoms with Crippen molar-refractivity contribution in [3.8, 4) is 17.1 Å². The molecule has 1 amide bonds. The molecule has 3 aliphatic carbocycles. The maximum absolute atomic E-state index is 14.4. The van der Waals surface area contributed by atoms with E-state index in [9.17, 15) is 34.8 Å². The molecule has 1 saturated heterocycles. The highest BCUT2D eigenvalue weighted by molar-refractivity contribution is 6.25. The van der Waals surface area contributed by atoms with Crippen molar-refractivity contribution in [1.29, 1.82) is 0 Å². The molecule has 5 atom stereocenters.